The lowest BCUT2D eigenvalue weighted by atomic mass is 10.0. The van der Waals surface area contributed by atoms with Crippen LogP contribution >= 0.6 is 11.8 Å². The molecule has 2 aromatic carbocycles. The van der Waals surface area contributed by atoms with Crippen molar-refractivity contribution in [2.75, 3.05) is 0 Å². The van der Waals surface area contributed by atoms with Crippen LogP contribution in [0.1, 0.15) is 70.0 Å². The quantitative estimate of drug-likeness (QED) is 0.519. The van der Waals surface area contributed by atoms with E-state index in [1.54, 1.807) is 30.0 Å². The van der Waals surface area contributed by atoms with E-state index in [0.29, 0.717) is 22.9 Å². The van der Waals surface area contributed by atoms with Gasteiger partial charge >= 0.3 is 0 Å². The zero-order valence-electron chi connectivity index (χ0n) is 18.1. The van der Waals surface area contributed by atoms with Crippen molar-refractivity contribution in [1.82, 2.24) is 15.2 Å². The van der Waals surface area contributed by atoms with E-state index in [-0.39, 0.29) is 29.7 Å². The smallest absolute Gasteiger partial charge is 0.268 e. The predicted octanol–water partition coefficient (Wildman–Crippen LogP) is 5.20. The molecule has 0 fully saturated rings. The number of nitrogens with zero attached hydrogens (tertiary/aromatic N) is 1. The Labute approximate surface area is 191 Å². The van der Waals surface area contributed by atoms with Gasteiger partial charge in [-0.1, -0.05) is 49.4 Å². The molecule has 0 saturated heterocycles. The molecule has 2 N–H and O–H groups in total. The highest BCUT2D eigenvalue weighted by Gasteiger charge is 2.28. The van der Waals surface area contributed by atoms with Gasteiger partial charge in [0.2, 0.25) is 0 Å². The highest BCUT2D eigenvalue weighted by Crippen LogP contribution is 2.31. The van der Waals surface area contributed by atoms with E-state index in [1.807, 2.05) is 48.7 Å². The van der Waals surface area contributed by atoms with Gasteiger partial charge in [0.25, 0.3) is 11.8 Å². The second-order valence-corrected chi connectivity index (χ2v) is 8.84. The maximum absolute atomic E-state index is 13.2. The van der Waals surface area contributed by atoms with Crippen LogP contribution < -0.4 is 10.6 Å². The number of fused-ring (bicyclic) bond motifs is 1. The summed E-state index contributed by atoms with van der Waals surface area (Å²) in [5, 5.41) is 6.09. The van der Waals surface area contributed by atoms with Gasteiger partial charge in [-0.3, -0.25) is 9.59 Å². The van der Waals surface area contributed by atoms with Crippen molar-refractivity contribution in [3.63, 3.8) is 0 Å². The Hall–Kier alpha value is -3.06. The Morgan fingerprint density at radius 2 is 1.75 bits per heavy atom. The van der Waals surface area contributed by atoms with Gasteiger partial charge in [0.1, 0.15) is 11.5 Å². The fourth-order valence-corrected chi connectivity index (χ4v) is 5.03. The van der Waals surface area contributed by atoms with E-state index >= 15 is 0 Å². The van der Waals surface area contributed by atoms with Gasteiger partial charge in [-0.15, -0.1) is 11.8 Å². The summed E-state index contributed by atoms with van der Waals surface area (Å²) < 4.78 is 15.1. The number of thioether (sulfide) groups is 1. The highest BCUT2D eigenvalue weighted by molar-refractivity contribution is 7.97. The summed E-state index contributed by atoms with van der Waals surface area (Å²) in [6, 6.07) is 17.3. The molecule has 2 amide bonds. The van der Waals surface area contributed by atoms with E-state index in [4.69, 9.17) is 0 Å². The number of aromatic nitrogens is 1. The predicted molar refractivity (Wildman–Crippen MR) is 125 cm³/mol. The fraction of sp³-hybridized carbons (Fsp3) is 0.280. The van der Waals surface area contributed by atoms with Crippen molar-refractivity contribution in [3.05, 3.63) is 94.6 Å². The largest absolute Gasteiger partial charge is 0.345 e. The van der Waals surface area contributed by atoms with Crippen LogP contribution in [0.5, 0.6) is 0 Å². The molecular formula is C25H26FN3O2S. The third-order valence-corrected chi connectivity index (χ3v) is 6.70. The van der Waals surface area contributed by atoms with Crippen LogP contribution in [-0.4, -0.2) is 16.4 Å². The third kappa shape index (κ3) is 4.58. The first-order chi connectivity index (χ1) is 15.5. The summed E-state index contributed by atoms with van der Waals surface area (Å²) in [7, 11) is 0. The molecule has 1 aliphatic heterocycles. The fourth-order valence-electron chi connectivity index (χ4n) is 3.96. The van der Waals surface area contributed by atoms with E-state index in [9.17, 15) is 14.0 Å². The first kappa shape index (κ1) is 22.1. The van der Waals surface area contributed by atoms with Crippen LogP contribution in [0.3, 0.4) is 0 Å². The molecule has 1 aromatic heterocycles. The van der Waals surface area contributed by atoms with E-state index in [0.717, 1.165) is 23.2 Å². The van der Waals surface area contributed by atoms with Crippen molar-refractivity contribution in [2.24, 2.45) is 0 Å². The molecule has 0 aliphatic carbocycles. The maximum Gasteiger partial charge on any atom is 0.268 e. The lowest BCUT2D eigenvalue weighted by Gasteiger charge is -2.17. The molecule has 7 heteroatoms. The number of carbonyl (C=O) groups excluding carboxylic acids is 2. The van der Waals surface area contributed by atoms with E-state index in [1.165, 1.54) is 12.1 Å². The lowest BCUT2D eigenvalue weighted by molar-refractivity contribution is 0.0925. The molecule has 2 atom stereocenters. The average molecular weight is 452 g/mol. The highest BCUT2D eigenvalue weighted by atomic mass is 32.2. The molecule has 166 valence electrons. The molecule has 0 saturated carbocycles. The zero-order chi connectivity index (χ0) is 22.7. The van der Waals surface area contributed by atoms with Gasteiger partial charge in [0, 0.05) is 11.4 Å². The van der Waals surface area contributed by atoms with Crippen LogP contribution in [0.2, 0.25) is 0 Å². The van der Waals surface area contributed by atoms with Crippen molar-refractivity contribution in [1.29, 1.82) is 0 Å². The first-order valence-electron chi connectivity index (χ1n) is 10.7. The summed E-state index contributed by atoms with van der Waals surface area (Å²) in [5.74, 6) is 0.584. The van der Waals surface area contributed by atoms with Gasteiger partial charge in [-0.25, -0.2) is 4.39 Å². The summed E-state index contributed by atoms with van der Waals surface area (Å²) in [5.41, 5.74) is 3.74. The Bertz CT molecular complexity index is 1110. The number of hydrogen-bond donors (Lipinski definition) is 2. The molecule has 5 nitrogen and oxygen atoms in total. The van der Waals surface area contributed by atoms with Gasteiger partial charge in [0.05, 0.1) is 23.5 Å². The lowest BCUT2D eigenvalue weighted by Crippen LogP contribution is -2.29. The second-order valence-electron chi connectivity index (χ2n) is 7.89. The van der Waals surface area contributed by atoms with Gasteiger partial charge in [-0.05, 0) is 42.7 Å². The molecule has 0 radical (unpaired) electrons. The minimum Gasteiger partial charge on any atom is -0.345 e. The molecule has 0 bridgehead atoms. The van der Waals surface area contributed by atoms with Gasteiger partial charge < -0.3 is 15.2 Å². The van der Waals surface area contributed by atoms with Gasteiger partial charge in [-0.2, -0.15) is 0 Å². The molecular weight excluding hydrogens is 425 g/mol. The Kier molecular flexibility index (Phi) is 6.65. The Morgan fingerprint density at radius 3 is 2.44 bits per heavy atom. The van der Waals surface area contributed by atoms with Crippen LogP contribution in [0.15, 0.2) is 60.7 Å². The van der Waals surface area contributed by atoms with Crippen LogP contribution in [-0.2, 0) is 11.6 Å². The summed E-state index contributed by atoms with van der Waals surface area (Å²) in [6.45, 7) is 3.89. The SMILES string of the molecule is CCC(NC(=O)c1cc(C(=O)NC(C)c2ccc(F)cc2)c2n1CSC2)c1ccccc1. The summed E-state index contributed by atoms with van der Waals surface area (Å²) >= 11 is 1.67. The number of amides is 2. The van der Waals surface area contributed by atoms with Crippen molar-refractivity contribution in [3.8, 4) is 0 Å². The minimum absolute atomic E-state index is 0.0975. The van der Waals surface area contributed by atoms with Crippen LogP contribution in [0.25, 0.3) is 0 Å². The first-order valence-corrected chi connectivity index (χ1v) is 11.9. The average Bonchev–Trinajstić information content (AvgIpc) is 3.41. The number of halogens is 1. The van der Waals surface area contributed by atoms with Gasteiger partial charge in [0.15, 0.2) is 0 Å². The molecule has 3 aromatic rings. The zero-order valence-corrected chi connectivity index (χ0v) is 18.9. The monoisotopic (exact) mass is 451 g/mol. The molecule has 2 unspecified atom stereocenters. The second kappa shape index (κ2) is 9.61. The molecule has 1 aliphatic rings. The standard InChI is InChI=1S/C25H26FN3O2S/c1-3-21(18-7-5-4-6-8-18)28-25(31)22-13-20(23-14-32-15-29(22)23)24(30)27-16(2)17-9-11-19(26)12-10-17/h4-13,16,21H,3,14-15H2,1-2H3,(H,27,30)(H,28,31). The number of hydrogen-bond acceptors (Lipinski definition) is 3. The van der Waals surface area contributed by atoms with Crippen molar-refractivity contribution in [2.45, 2.75) is 44.0 Å². The number of rotatable bonds is 7. The number of nitrogens with one attached hydrogen (secondary N) is 2. The Morgan fingerprint density at radius 1 is 1.03 bits per heavy atom. The molecule has 0 spiro atoms. The molecule has 2 heterocycles. The molecule has 4 rings (SSSR count). The van der Waals surface area contributed by atoms with Crippen molar-refractivity contribution >= 4 is 23.6 Å². The van der Waals surface area contributed by atoms with Crippen molar-refractivity contribution < 1.29 is 14.0 Å². The minimum atomic E-state index is -0.314. The summed E-state index contributed by atoms with van der Waals surface area (Å²) in [6.07, 6.45) is 0.764. The van der Waals surface area contributed by atoms with Crippen LogP contribution in [0, 0.1) is 5.82 Å². The number of carbonyl (C=O) groups is 2. The van der Waals surface area contributed by atoms with Crippen LogP contribution in [0.4, 0.5) is 4.39 Å². The normalized spacial score (nSPS) is 14.5. The number of benzene rings is 2. The third-order valence-electron chi connectivity index (χ3n) is 5.78. The Balaban J connectivity index is 1.53. The summed E-state index contributed by atoms with van der Waals surface area (Å²) in [4.78, 5) is 26.2. The van der Waals surface area contributed by atoms with E-state index < -0.39 is 0 Å². The van der Waals surface area contributed by atoms with E-state index in [2.05, 4.69) is 10.6 Å². The topological polar surface area (TPSA) is 63.1 Å². The maximum atomic E-state index is 13.2. The molecule has 32 heavy (non-hydrogen) atoms.